The van der Waals surface area contributed by atoms with Crippen molar-refractivity contribution in [3.63, 3.8) is 0 Å². The van der Waals surface area contributed by atoms with E-state index in [-0.39, 0.29) is 11.9 Å². The van der Waals surface area contributed by atoms with Crippen LogP contribution in [-0.4, -0.2) is 29.9 Å². The molecule has 3 nitrogen and oxygen atoms in total. The predicted molar refractivity (Wildman–Crippen MR) is 66.4 cm³/mol. The number of nitrogens with zero attached hydrogens (tertiary/aromatic N) is 1. The minimum Gasteiger partial charge on any atom is -0.341 e. The Balaban J connectivity index is 1.78. The summed E-state index contributed by atoms with van der Waals surface area (Å²) in [6, 6.07) is 2.02. The van der Waals surface area contributed by atoms with Gasteiger partial charge >= 0.3 is 0 Å². The van der Waals surface area contributed by atoms with Crippen LogP contribution in [0.25, 0.3) is 0 Å². The van der Waals surface area contributed by atoms with Gasteiger partial charge in [0.2, 0.25) is 5.91 Å². The summed E-state index contributed by atoms with van der Waals surface area (Å²) in [4.78, 5) is 13.9. The molecule has 1 aliphatic heterocycles. The third-order valence-corrected chi connectivity index (χ3v) is 3.71. The van der Waals surface area contributed by atoms with Gasteiger partial charge in [0, 0.05) is 19.6 Å². The van der Waals surface area contributed by atoms with Crippen LogP contribution in [0.15, 0.2) is 16.8 Å². The fraction of sp³-hybridized carbons (Fsp3) is 0.583. The first-order valence-electron chi connectivity index (χ1n) is 5.80. The molecule has 0 bridgehead atoms. The molecule has 0 radical (unpaired) electrons. The lowest BCUT2D eigenvalue weighted by Gasteiger charge is -2.20. The van der Waals surface area contributed by atoms with E-state index in [1.54, 1.807) is 11.3 Å². The Bertz CT molecular complexity index is 331. The molecule has 16 heavy (non-hydrogen) atoms. The maximum atomic E-state index is 12.0. The lowest BCUT2D eigenvalue weighted by atomic mass is 10.2. The molecule has 2 heterocycles. The van der Waals surface area contributed by atoms with E-state index in [0.717, 1.165) is 32.5 Å². The zero-order valence-electron chi connectivity index (χ0n) is 9.61. The monoisotopic (exact) mass is 238 g/mol. The van der Waals surface area contributed by atoms with Crippen molar-refractivity contribution in [1.29, 1.82) is 0 Å². The van der Waals surface area contributed by atoms with Gasteiger partial charge in [-0.15, -0.1) is 0 Å². The van der Waals surface area contributed by atoms with Crippen LogP contribution in [0.5, 0.6) is 0 Å². The standard InChI is InChI=1S/C12H18N2OS/c1-10(12(15)14-5-2-3-6-14)13-8-11-4-7-16-9-11/h4,7,9-10,13H,2-3,5-6,8H2,1H3. The lowest BCUT2D eigenvalue weighted by Crippen LogP contribution is -2.43. The minimum absolute atomic E-state index is 0.0713. The highest BCUT2D eigenvalue weighted by Crippen LogP contribution is 2.10. The van der Waals surface area contributed by atoms with Crippen LogP contribution < -0.4 is 5.32 Å². The molecule has 1 unspecified atom stereocenters. The number of thiophene rings is 1. The second-order valence-electron chi connectivity index (χ2n) is 4.27. The molecule has 0 aliphatic carbocycles. The van der Waals surface area contributed by atoms with Gasteiger partial charge in [-0.3, -0.25) is 4.79 Å². The average Bonchev–Trinajstić information content (AvgIpc) is 2.96. The molecule has 1 aromatic heterocycles. The third-order valence-electron chi connectivity index (χ3n) is 2.98. The molecular formula is C12H18N2OS. The largest absolute Gasteiger partial charge is 0.341 e. The molecule has 1 N–H and O–H groups in total. The highest BCUT2D eigenvalue weighted by molar-refractivity contribution is 7.07. The number of hydrogen-bond acceptors (Lipinski definition) is 3. The molecule has 4 heteroatoms. The van der Waals surface area contributed by atoms with Gasteiger partial charge in [0.05, 0.1) is 6.04 Å². The molecule has 1 atom stereocenters. The van der Waals surface area contributed by atoms with Gasteiger partial charge in [-0.1, -0.05) is 0 Å². The molecule has 1 aromatic rings. The number of carbonyl (C=O) groups is 1. The first-order valence-corrected chi connectivity index (χ1v) is 6.75. The Morgan fingerprint density at radius 3 is 2.94 bits per heavy atom. The van der Waals surface area contributed by atoms with Gasteiger partial charge in [0.1, 0.15) is 0 Å². The summed E-state index contributed by atoms with van der Waals surface area (Å²) < 4.78 is 0. The quantitative estimate of drug-likeness (QED) is 0.868. The second-order valence-corrected chi connectivity index (χ2v) is 5.05. The van der Waals surface area contributed by atoms with Crippen molar-refractivity contribution in [3.8, 4) is 0 Å². The zero-order valence-corrected chi connectivity index (χ0v) is 10.4. The number of carbonyl (C=O) groups excluding carboxylic acids is 1. The SMILES string of the molecule is CC(NCc1ccsc1)C(=O)N1CCCC1. The van der Waals surface area contributed by atoms with Crippen LogP contribution in [-0.2, 0) is 11.3 Å². The maximum Gasteiger partial charge on any atom is 0.239 e. The normalized spacial score (nSPS) is 17.7. The highest BCUT2D eigenvalue weighted by atomic mass is 32.1. The van der Waals surface area contributed by atoms with Gasteiger partial charge in [-0.2, -0.15) is 11.3 Å². The summed E-state index contributed by atoms with van der Waals surface area (Å²) in [5.74, 6) is 0.243. The summed E-state index contributed by atoms with van der Waals surface area (Å²) in [5.41, 5.74) is 1.26. The van der Waals surface area contributed by atoms with Crippen LogP contribution in [0.2, 0.25) is 0 Å². The number of rotatable bonds is 4. The van der Waals surface area contributed by atoms with E-state index in [9.17, 15) is 4.79 Å². The van der Waals surface area contributed by atoms with Gasteiger partial charge < -0.3 is 10.2 Å². The van der Waals surface area contributed by atoms with Crippen molar-refractivity contribution in [1.82, 2.24) is 10.2 Å². The summed E-state index contributed by atoms with van der Waals surface area (Å²) in [6.45, 7) is 4.60. The molecular weight excluding hydrogens is 220 g/mol. The van der Waals surface area contributed by atoms with Gasteiger partial charge in [0.15, 0.2) is 0 Å². The van der Waals surface area contributed by atoms with Crippen LogP contribution in [0, 0.1) is 0 Å². The molecule has 0 aromatic carbocycles. The highest BCUT2D eigenvalue weighted by Gasteiger charge is 2.22. The number of nitrogens with one attached hydrogen (secondary N) is 1. The lowest BCUT2D eigenvalue weighted by molar-refractivity contribution is -0.131. The maximum absolute atomic E-state index is 12.0. The molecule has 1 saturated heterocycles. The molecule has 1 amide bonds. The average molecular weight is 238 g/mol. The van der Waals surface area contributed by atoms with E-state index < -0.39 is 0 Å². The van der Waals surface area contributed by atoms with Crippen LogP contribution in [0.4, 0.5) is 0 Å². The smallest absolute Gasteiger partial charge is 0.239 e. The van der Waals surface area contributed by atoms with Gasteiger partial charge in [-0.25, -0.2) is 0 Å². The summed E-state index contributed by atoms with van der Waals surface area (Å²) >= 11 is 1.69. The first kappa shape index (κ1) is 11.6. The van der Waals surface area contributed by atoms with Crippen molar-refractivity contribution in [3.05, 3.63) is 22.4 Å². The van der Waals surface area contributed by atoms with Crippen molar-refractivity contribution in [2.75, 3.05) is 13.1 Å². The van der Waals surface area contributed by atoms with Crippen molar-refractivity contribution >= 4 is 17.2 Å². The van der Waals surface area contributed by atoms with Crippen LogP contribution in [0.1, 0.15) is 25.3 Å². The third kappa shape index (κ3) is 2.83. The zero-order chi connectivity index (χ0) is 11.4. The van der Waals surface area contributed by atoms with Crippen molar-refractivity contribution in [2.24, 2.45) is 0 Å². The Morgan fingerprint density at radius 1 is 1.56 bits per heavy atom. The number of amides is 1. The predicted octanol–water partition coefficient (Wildman–Crippen LogP) is 1.85. The van der Waals surface area contributed by atoms with E-state index in [2.05, 4.69) is 22.1 Å². The van der Waals surface area contributed by atoms with Gasteiger partial charge in [0.25, 0.3) is 0 Å². The fourth-order valence-electron chi connectivity index (χ4n) is 1.96. The molecule has 2 rings (SSSR count). The van der Waals surface area contributed by atoms with E-state index in [0.29, 0.717) is 0 Å². The summed E-state index contributed by atoms with van der Waals surface area (Å²) in [6.07, 6.45) is 2.31. The Kier molecular flexibility index (Phi) is 3.96. The van der Waals surface area contributed by atoms with Crippen LogP contribution in [0.3, 0.4) is 0 Å². The van der Waals surface area contributed by atoms with E-state index in [1.807, 2.05) is 11.8 Å². The van der Waals surface area contributed by atoms with Gasteiger partial charge in [-0.05, 0) is 42.2 Å². The number of likely N-dealkylation sites (tertiary alicyclic amines) is 1. The summed E-state index contributed by atoms with van der Waals surface area (Å²) in [5, 5.41) is 7.45. The number of hydrogen-bond donors (Lipinski definition) is 1. The van der Waals surface area contributed by atoms with E-state index in [4.69, 9.17) is 0 Å². The molecule has 0 spiro atoms. The Morgan fingerprint density at radius 2 is 2.31 bits per heavy atom. The fourth-order valence-corrected chi connectivity index (χ4v) is 2.63. The summed E-state index contributed by atoms with van der Waals surface area (Å²) in [7, 11) is 0. The molecule has 1 fully saturated rings. The van der Waals surface area contributed by atoms with E-state index >= 15 is 0 Å². The Hall–Kier alpha value is -0.870. The topological polar surface area (TPSA) is 32.3 Å². The Labute approximate surface area is 100 Å². The van der Waals surface area contributed by atoms with Crippen LogP contribution >= 0.6 is 11.3 Å². The van der Waals surface area contributed by atoms with E-state index in [1.165, 1.54) is 5.56 Å². The van der Waals surface area contributed by atoms with Crippen molar-refractivity contribution in [2.45, 2.75) is 32.4 Å². The molecule has 88 valence electrons. The first-order chi connectivity index (χ1) is 7.77. The molecule has 0 saturated carbocycles. The minimum atomic E-state index is -0.0713. The molecule has 1 aliphatic rings. The second kappa shape index (κ2) is 5.46. The van der Waals surface area contributed by atoms with Crippen molar-refractivity contribution < 1.29 is 4.79 Å².